The van der Waals surface area contributed by atoms with Gasteiger partial charge >= 0.3 is 0 Å². The van der Waals surface area contributed by atoms with Gasteiger partial charge in [-0.25, -0.2) is 23.1 Å². The van der Waals surface area contributed by atoms with Crippen molar-refractivity contribution in [2.45, 2.75) is 25.7 Å². The molecule has 0 bridgehead atoms. The van der Waals surface area contributed by atoms with E-state index >= 15 is 0 Å². The topological polar surface area (TPSA) is 95.5 Å². The standard InChI is InChI=1S/C17H27N5O3S/c1-26(24,25)20-13-14-3-5-15(6-4-14)16(23)21-9-11-22(12-10-21)17-18-7-2-8-19-17/h2,7-8,14-15,20H,3-6,9-13H2,1H3. The third-order valence-electron chi connectivity index (χ3n) is 5.26. The van der Waals surface area contributed by atoms with E-state index in [1.165, 1.54) is 6.26 Å². The number of rotatable bonds is 5. The molecule has 1 aliphatic carbocycles. The molecule has 0 unspecified atom stereocenters. The van der Waals surface area contributed by atoms with E-state index in [0.717, 1.165) is 44.7 Å². The predicted molar refractivity (Wildman–Crippen MR) is 99.1 cm³/mol. The third-order valence-corrected chi connectivity index (χ3v) is 5.95. The average Bonchev–Trinajstić information content (AvgIpc) is 2.66. The predicted octanol–water partition coefficient (Wildman–Crippen LogP) is 0.481. The van der Waals surface area contributed by atoms with E-state index < -0.39 is 10.0 Å². The van der Waals surface area contributed by atoms with Crippen LogP contribution in [0.2, 0.25) is 0 Å². The van der Waals surface area contributed by atoms with Crippen LogP contribution in [0, 0.1) is 11.8 Å². The van der Waals surface area contributed by atoms with Gasteiger partial charge in [0.25, 0.3) is 0 Å². The maximum atomic E-state index is 12.8. The Hall–Kier alpha value is -1.74. The van der Waals surface area contributed by atoms with Gasteiger partial charge < -0.3 is 9.80 Å². The fourth-order valence-electron chi connectivity index (χ4n) is 3.72. The van der Waals surface area contributed by atoms with Crippen molar-refractivity contribution in [2.75, 3.05) is 43.9 Å². The molecule has 0 aromatic carbocycles. The lowest BCUT2D eigenvalue weighted by Gasteiger charge is -2.37. The number of aromatic nitrogens is 2. The fourth-order valence-corrected chi connectivity index (χ4v) is 4.26. The van der Waals surface area contributed by atoms with E-state index in [0.29, 0.717) is 25.6 Å². The summed E-state index contributed by atoms with van der Waals surface area (Å²) >= 11 is 0. The molecule has 1 aliphatic heterocycles. The molecule has 144 valence electrons. The second-order valence-electron chi connectivity index (χ2n) is 7.20. The number of carbonyl (C=O) groups is 1. The Bertz CT molecular complexity index is 696. The highest BCUT2D eigenvalue weighted by molar-refractivity contribution is 7.88. The molecule has 26 heavy (non-hydrogen) atoms. The van der Waals surface area contributed by atoms with Crippen LogP contribution < -0.4 is 9.62 Å². The molecule has 1 saturated carbocycles. The van der Waals surface area contributed by atoms with Crippen molar-refractivity contribution in [1.82, 2.24) is 19.6 Å². The summed E-state index contributed by atoms with van der Waals surface area (Å²) in [4.78, 5) is 25.4. The maximum absolute atomic E-state index is 12.8. The van der Waals surface area contributed by atoms with E-state index in [2.05, 4.69) is 19.6 Å². The minimum atomic E-state index is -3.14. The van der Waals surface area contributed by atoms with Crippen molar-refractivity contribution in [2.24, 2.45) is 11.8 Å². The highest BCUT2D eigenvalue weighted by atomic mass is 32.2. The number of amides is 1. The van der Waals surface area contributed by atoms with Crippen LogP contribution in [-0.2, 0) is 14.8 Å². The molecule has 2 heterocycles. The molecule has 0 radical (unpaired) electrons. The van der Waals surface area contributed by atoms with E-state index in [9.17, 15) is 13.2 Å². The van der Waals surface area contributed by atoms with Gasteiger partial charge in [0.15, 0.2) is 0 Å². The van der Waals surface area contributed by atoms with Crippen LogP contribution in [0.4, 0.5) is 5.95 Å². The van der Waals surface area contributed by atoms with Crippen LogP contribution in [-0.4, -0.2) is 68.2 Å². The Morgan fingerprint density at radius 1 is 1.12 bits per heavy atom. The molecule has 8 nitrogen and oxygen atoms in total. The van der Waals surface area contributed by atoms with Crippen molar-refractivity contribution in [3.63, 3.8) is 0 Å². The number of nitrogens with zero attached hydrogens (tertiary/aromatic N) is 4. The number of hydrogen-bond acceptors (Lipinski definition) is 6. The van der Waals surface area contributed by atoms with E-state index in [1.807, 2.05) is 4.90 Å². The lowest BCUT2D eigenvalue weighted by molar-refractivity contribution is -0.137. The van der Waals surface area contributed by atoms with Gasteiger partial charge in [-0.3, -0.25) is 4.79 Å². The molecule has 1 aromatic rings. The molecule has 2 aliphatic rings. The summed E-state index contributed by atoms with van der Waals surface area (Å²) in [5.41, 5.74) is 0. The molecule has 1 saturated heterocycles. The van der Waals surface area contributed by atoms with Crippen molar-refractivity contribution in [1.29, 1.82) is 0 Å². The first-order chi connectivity index (χ1) is 12.4. The minimum absolute atomic E-state index is 0.0732. The Balaban J connectivity index is 1.43. The molecule has 1 amide bonds. The Labute approximate surface area is 155 Å². The lowest BCUT2D eigenvalue weighted by Crippen LogP contribution is -2.51. The van der Waals surface area contributed by atoms with Crippen LogP contribution >= 0.6 is 0 Å². The van der Waals surface area contributed by atoms with Crippen LogP contribution in [0.15, 0.2) is 18.5 Å². The molecule has 3 rings (SSSR count). The number of piperazine rings is 1. The van der Waals surface area contributed by atoms with Crippen molar-refractivity contribution in [3.8, 4) is 0 Å². The van der Waals surface area contributed by atoms with Gasteiger partial charge in [0.05, 0.1) is 6.26 Å². The largest absolute Gasteiger partial charge is 0.339 e. The SMILES string of the molecule is CS(=O)(=O)NCC1CCC(C(=O)N2CCN(c3ncccn3)CC2)CC1. The summed E-state index contributed by atoms with van der Waals surface area (Å²) in [5, 5.41) is 0. The van der Waals surface area contributed by atoms with Gasteiger partial charge in [-0.1, -0.05) is 0 Å². The Kier molecular flexibility index (Phi) is 6.08. The Morgan fingerprint density at radius 3 is 2.31 bits per heavy atom. The van der Waals surface area contributed by atoms with Crippen LogP contribution in [0.5, 0.6) is 0 Å². The lowest BCUT2D eigenvalue weighted by atomic mass is 9.81. The molecule has 1 N–H and O–H groups in total. The second-order valence-corrected chi connectivity index (χ2v) is 9.03. The van der Waals surface area contributed by atoms with E-state index in [1.54, 1.807) is 18.5 Å². The van der Waals surface area contributed by atoms with Gasteiger partial charge in [0, 0.05) is 51.0 Å². The maximum Gasteiger partial charge on any atom is 0.225 e. The number of nitrogens with one attached hydrogen (secondary N) is 1. The fraction of sp³-hybridized carbons (Fsp3) is 0.706. The Morgan fingerprint density at radius 2 is 1.73 bits per heavy atom. The van der Waals surface area contributed by atoms with Gasteiger partial charge in [-0.05, 0) is 37.7 Å². The zero-order chi connectivity index (χ0) is 18.6. The first-order valence-electron chi connectivity index (χ1n) is 9.18. The summed E-state index contributed by atoms with van der Waals surface area (Å²) in [6.07, 6.45) is 8.14. The van der Waals surface area contributed by atoms with Gasteiger partial charge in [0.2, 0.25) is 21.9 Å². The van der Waals surface area contributed by atoms with Crippen molar-refractivity contribution in [3.05, 3.63) is 18.5 Å². The summed E-state index contributed by atoms with van der Waals surface area (Å²) < 4.78 is 25.0. The second kappa shape index (κ2) is 8.30. The van der Waals surface area contributed by atoms with Crippen molar-refractivity contribution < 1.29 is 13.2 Å². The quantitative estimate of drug-likeness (QED) is 0.797. The van der Waals surface area contributed by atoms with Crippen LogP contribution in [0.3, 0.4) is 0 Å². The van der Waals surface area contributed by atoms with Crippen LogP contribution in [0.1, 0.15) is 25.7 Å². The first-order valence-corrected chi connectivity index (χ1v) is 11.1. The number of sulfonamides is 1. The van der Waals surface area contributed by atoms with Crippen molar-refractivity contribution >= 4 is 21.9 Å². The van der Waals surface area contributed by atoms with Crippen LogP contribution in [0.25, 0.3) is 0 Å². The highest BCUT2D eigenvalue weighted by Crippen LogP contribution is 2.30. The smallest absolute Gasteiger partial charge is 0.225 e. The molecule has 0 atom stereocenters. The number of hydrogen-bond donors (Lipinski definition) is 1. The molecule has 2 fully saturated rings. The summed E-state index contributed by atoms with van der Waals surface area (Å²) in [5.74, 6) is 1.37. The molecule has 1 aromatic heterocycles. The highest BCUT2D eigenvalue weighted by Gasteiger charge is 2.31. The third kappa shape index (κ3) is 5.14. The molecule has 0 spiro atoms. The average molecular weight is 382 g/mol. The van der Waals surface area contributed by atoms with Gasteiger partial charge in [-0.2, -0.15) is 0 Å². The minimum Gasteiger partial charge on any atom is -0.339 e. The zero-order valence-corrected chi connectivity index (χ0v) is 16.0. The molecular weight excluding hydrogens is 354 g/mol. The number of carbonyl (C=O) groups excluding carboxylic acids is 1. The monoisotopic (exact) mass is 381 g/mol. The van der Waals surface area contributed by atoms with Gasteiger partial charge in [0.1, 0.15) is 0 Å². The summed E-state index contributed by atoms with van der Waals surface area (Å²) in [6, 6.07) is 1.80. The number of anilines is 1. The molecular formula is C17H27N5O3S. The normalized spacial score (nSPS) is 24.5. The zero-order valence-electron chi connectivity index (χ0n) is 15.2. The summed E-state index contributed by atoms with van der Waals surface area (Å²) in [7, 11) is -3.14. The first kappa shape index (κ1) is 19.0. The van der Waals surface area contributed by atoms with E-state index in [4.69, 9.17) is 0 Å². The summed E-state index contributed by atoms with van der Waals surface area (Å²) in [6.45, 7) is 3.39. The van der Waals surface area contributed by atoms with Gasteiger partial charge in [-0.15, -0.1) is 0 Å². The van der Waals surface area contributed by atoms with E-state index in [-0.39, 0.29) is 11.8 Å². The molecule has 9 heteroatoms.